The van der Waals surface area contributed by atoms with Gasteiger partial charge in [-0.3, -0.25) is 19.3 Å². The molecule has 0 spiro atoms. The van der Waals surface area contributed by atoms with Crippen molar-refractivity contribution in [3.63, 3.8) is 0 Å². The Morgan fingerprint density at radius 3 is 2.25 bits per heavy atom. The summed E-state index contributed by atoms with van der Waals surface area (Å²) >= 11 is 0. The van der Waals surface area contributed by atoms with E-state index in [9.17, 15) is 19.2 Å². The Labute approximate surface area is 160 Å². The number of hydrogen-bond acceptors (Lipinski definition) is 5. The highest BCUT2D eigenvalue weighted by Gasteiger charge is 2.34. The number of carbonyl (C=O) groups is 4. The monoisotopic (exact) mass is 379 g/mol. The summed E-state index contributed by atoms with van der Waals surface area (Å²) in [7, 11) is 1.29. The van der Waals surface area contributed by atoms with Crippen molar-refractivity contribution in [3.05, 3.63) is 70.8 Å². The predicted molar refractivity (Wildman–Crippen MR) is 100 cm³/mol. The molecule has 2 aromatic carbocycles. The van der Waals surface area contributed by atoms with E-state index < -0.39 is 23.8 Å². The topological polar surface area (TPSA) is 101 Å². The molecule has 7 nitrogen and oxygen atoms in total. The van der Waals surface area contributed by atoms with Crippen LogP contribution >= 0.6 is 0 Å². The zero-order chi connectivity index (χ0) is 20.3. The Morgan fingerprint density at radius 1 is 1.00 bits per heavy atom. The highest BCUT2D eigenvalue weighted by molar-refractivity contribution is 6.33. The van der Waals surface area contributed by atoms with Gasteiger partial charge in [0.15, 0.2) is 0 Å². The standard InChI is InChI=1S/C21H17NO6/c1-28-21(27)14-8-6-13(7-9-14)12-17-15-4-2-3-5-16(15)19(25)22(20(17)26)11-10-18(23)24/h2-9,12H,10-11H2,1H3,(H,23,24)/b17-12-. The number of amides is 2. The van der Waals surface area contributed by atoms with E-state index in [2.05, 4.69) is 4.74 Å². The van der Waals surface area contributed by atoms with Gasteiger partial charge in [0.2, 0.25) is 0 Å². The van der Waals surface area contributed by atoms with Crippen LogP contribution in [0.2, 0.25) is 0 Å². The molecule has 0 fully saturated rings. The van der Waals surface area contributed by atoms with E-state index in [1.165, 1.54) is 7.11 Å². The van der Waals surface area contributed by atoms with Crippen molar-refractivity contribution in [1.82, 2.24) is 4.90 Å². The lowest BCUT2D eigenvalue weighted by Gasteiger charge is -2.28. The van der Waals surface area contributed by atoms with Crippen molar-refractivity contribution in [1.29, 1.82) is 0 Å². The van der Waals surface area contributed by atoms with Gasteiger partial charge in [-0.15, -0.1) is 0 Å². The molecule has 7 heteroatoms. The Morgan fingerprint density at radius 2 is 1.64 bits per heavy atom. The first-order valence-corrected chi connectivity index (χ1v) is 8.50. The van der Waals surface area contributed by atoms with Gasteiger partial charge in [-0.2, -0.15) is 0 Å². The fraction of sp³-hybridized carbons (Fsp3) is 0.143. The number of ether oxygens (including phenoxy) is 1. The summed E-state index contributed by atoms with van der Waals surface area (Å²) in [5, 5.41) is 8.90. The van der Waals surface area contributed by atoms with Gasteiger partial charge >= 0.3 is 11.9 Å². The molecule has 2 aromatic rings. The van der Waals surface area contributed by atoms with E-state index >= 15 is 0 Å². The number of nitrogens with zero attached hydrogens (tertiary/aromatic N) is 1. The van der Waals surface area contributed by atoms with Gasteiger partial charge in [-0.05, 0) is 35.4 Å². The number of aliphatic carboxylic acids is 1. The highest BCUT2D eigenvalue weighted by atomic mass is 16.5. The predicted octanol–water partition coefficient (Wildman–Crippen LogP) is 2.47. The van der Waals surface area contributed by atoms with Crippen LogP contribution in [0, 0.1) is 0 Å². The van der Waals surface area contributed by atoms with Crippen LogP contribution in [-0.4, -0.2) is 47.4 Å². The molecule has 0 saturated heterocycles. The van der Waals surface area contributed by atoms with Gasteiger partial charge in [0, 0.05) is 17.7 Å². The lowest BCUT2D eigenvalue weighted by atomic mass is 9.92. The number of imide groups is 1. The number of esters is 1. The third-order valence-corrected chi connectivity index (χ3v) is 4.36. The first-order chi connectivity index (χ1) is 13.4. The van der Waals surface area contributed by atoms with E-state index in [1.807, 2.05) is 0 Å². The number of carbonyl (C=O) groups excluding carboxylic acids is 3. The second-order valence-corrected chi connectivity index (χ2v) is 6.12. The molecule has 1 aliphatic heterocycles. The summed E-state index contributed by atoms with van der Waals surface area (Å²) in [4.78, 5) is 48.9. The van der Waals surface area contributed by atoms with Gasteiger partial charge in [0.05, 0.1) is 19.1 Å². The molecule has 1 heterocycles. The second-order valence-electron chi connectivity index (χ2n) is 6.12. The van der Waals surface area contributed by atoms with Gasteiger partial charge in [-0.1, -0.05) is 30.3 Å². The lowest BCUT2D eigenvalue weighted by Crippen LogP contribution is -2.42. The number of benzene rings is 2. The van der Waals surface area contributed by atoms with Crippen molar-refractivity contribution in [2.45, 2.75) is 6.42 Å². The summed E-state index contributed by atoms with van der Waals surface area (Å²) in [6, 6.07) is 13.2. The van der Waals surface area contributed by atoms with Crippen LogP contribution in [0.25, 0.3) is 11.6 Å². The van der Waals surface area contributed by atoms with Crippen LogP contribution in [0.3, 0.4) is 0 Å². The van der Waals surface area contributed by atoms with Gasteiger partial charge in [0.25, 0.3) is 11.8 Å². The Bertz CT molecular complexity index is 990. The molecule has 0 saturated carbocycles. The molecular weight excluding hydrogens is 362 g/mol. The third-order valence-electron chi connectivity index (χ3n) is 4.36. The summed E-state index contributed by atoms with van der Waals surface area (Å²) < 4.78 is 4.66. The smallest absolute Gasteiger partial charge is 0.337 e. The fourth-order valence-electron chi connectivity index (χ4n) is 2.95. The largest absolute Gasteiger partial charge is 0.481 e. The second kappa shape index (κ2) is 7.87. The van der Waals surface area contributed by atoms with Crippen molar-refractivity contribution in [2.24, 2.45) is 0 Å². The summed E-state index contributed by atoms with van der Waals surface area (Å²) in [5.41, 5.74) is 2.13. The molecule has 0 atom stereocenters. The zero-order valence-corrected chi connectivity index (χ0v) is 15.0. The van der Waals surface area contributed by atoms with Crippen LogP contribution in [0.4, 0.5) is 0 Å². The maximum absolute atomic E-state index is 12.9. The molecule has 0 bridgehead atoms. The fourth-order valence-corrected chi connectivity index (χ4v) is 2.95. The van der Waals surface area contributed by atoms with E-state index in [-0.39, 0.29) is 18.5 Å². The van der Waals surface area contributed by atoms with E-state index in [1.54, 1.807) is 54.6 Å². The molecule has 0 unspecified atom stereocenters. The first kappa shape index (κ1) is 19.0. The quantitative estimate of drug-likeness (QED) is 0.487. The molecule has 3 rings (SSSR count). The number of methoxy groups -OCH3 is 1. The van der Waals surface area contributed by atoms with Gasteiger partial charge in [0.1, 0.15) is 0 Å². The summed E-state index contributed by atoms with van der Waals surface area (Å²) in [6.45, 7) is -0.208. The molecular formula is C21H17NO6. The average Bonchev–Trinajstić information content (AvgIpc) is 2.70. The van der Waals surface area contributed by atoms with E-state index in [0.717, 1.165) is 4.90 Å². The molecule has 28 heavy (non-hydrogen) atoms. The number of rotatable bonds is 5. The van der Waals surface area contributed by atoms with Crippen molar-refractivity contribution in [2.75, 3.05) is 13.7 Å². The number of fused-ring (bicyclic) bond motifs is 1. The molecule has 2 amide bonds. The number of carboxylic acids is 1. The van der Waals surface area contributed by atoms with Crippen LogP contribution in [0.1, 0.15) is 38.3 Å². The summed E-state index contributed by atoms with van der Waals surface area (Å²) in [6.07, 6.45) is 1.28. The van der Waals surface area contributed by atoms with Crippen LogP contribution < -0.4 is 0 Å². The van der Waals surface area contributed by atoms with Crippen molar-refractivity contribution in [3.8, 4) is 0 Å². The van der Waals surface area contributed by atoms with Crippen molar-refractivity contribution < 1.29 is 29.0 Å². The maximum atomic E-state index is 12.9. The zero-order valence-electron chi connectivity index (χ0n) is 15.0. The summed E-state index contributed by atoms with van der Waals surface area (Å²) in [5.74, 6) is -2.63. The lowest BCUT2D eigenvalue weighted by molar-refractivity contribution is -0.137. The number of hydrogen-bond donors (Lipinski definition) is 1. The van der Waals surface area contributed by atoms with Gasteiger partial charge < -0.3 is 9.84 Å². The maximum Gasteiger partial charge on any atom is 0.337 e. The van der Waals surface area contributed by atoms with Crippen LogP contribution in [0.15, 0.2) is 48.5 Å². The minimum absolute atomic E-state index is 0.208. The SMILES string of the molecule is COC(=O)c1ccc(/C=C2\C(=O)N(CCC(=O)O)C(=O)c3ccccc32)cc1. The Balaban J connectivity index is 2.02. The van der Waals surface area contributed by atoms with Crippen LogP contribution in [0.5, 0.6) is 0 Å². The number of carboxylic acid groups (broad SMARTS) is 1. The minimum atomic E-state index is -1.09. The average molecular weight is 379 g/mol. The molecule has 0 aromatic heterocycles. The molecule has 1 N–H and O–H groups in total. The van der Waals surface area contributed by atoms with E-state index in [4.69, 9.17) is 5.11 Å². The minimum Gasteiger partial charge on any atom is -0.481 e. The van der Waals surface area contributed by atoms with Crippen molar-refractivity contribution >= 4 is 35.4 Å². The normalized spacial score (nSPS) is 14.8. The van der Waals surface area contributed by atoms with E-state index in [0.29, 0.717) is 22.3 Å². The van der Waals surface area contributed by atoms with Gasteiger partial charge in [-0.25, -0.2) is 4.79 Å². The molecule has 0 radical (unpaired) electrons. The first-order valence-electron chi connectivity index (χ1n) is 8.50. The molecule has 142 valence electrons. The third kappa shape index (κ3) is 3.68. The highest BCUT2D eigenvalue weighted by Crippen LogP contribution is 2.30. The molecule has 0 aliphatic carbocycles. The Kier molecular flexibility index (Phi) is 5.35. The molecule has 1 aliphatic rings. The Hall–Kier alpha value is -3.74. The van der Waals surface area contributed by atoms with Crippen LogP contribution in [-0.2, 0) is 14.3 Å².